The van der Waals surface area contributed by atoms with Gasteiger partial charge in [-0.1, -0.05) is 303 Å². The molecule has 0 bridgehead atoms. The summed E-state index contributed by atoms with van der Waals surface area (Å²) in [6, 6.07) is 172. The summed E-state index contributed by atoms with van der Waals surface area (Å²) in [7, 11) is 0. The lowest BCUT2D eigenvalue weighted by Crippen LogP contribution is -2.03. The molecule has 656 valence electrons. The fourth-order valence-corrected chi connectivity index (χ4v) is 26.4. The summed E-state index contributed by atoms with van der Waals surface area (Å²) < 4.78 is 22.4. The van der Waals surface area contributed by atoms with Crippen molar-refractivity contribution >= 4 is 258 Å². The summed E-state index contributed by atoms with van der Waals surface area (Å²) in [5.41, 5.74) is 25.5. The molecule has 11 heteroatoms. The summed E-state index contributed by atoms with van der Waals surface area (Å²) in [5.74, 6) is 0.664. The molecule has 0 N–H and O–H groups in total. The van der Waals surface area contributed by atoms with E-state index in [1.165, 1.54) is 230 Å². The first kappa shape index (κ1) is 79.4. The maximum atomic E-state index is 5.32. The van der Waals surface area contributed by atoms with Crippen LogP contribution < -0.4 is 0 Å². The number of hydrogen-bond donors (Lipinski definition) is 0. The SMILES string of the molecule is c1ccc(-c2cccc(-n3c4cc5sc6ccccc6c5cc4c4cc5c6ccccc6n(-c6ccccc6)c5cc43)c2)cc1.c1ccc(-c2nc(-n3c4ccccc4c4cc5c6cc7c(cc6n(-c6ccccc6)c5cc43)sc3ccccc37)nc3ccccc23)cc1.c1ccc(-n2c3cc4sc5ccccc5c4cc3c3cc4c5ccccc5n(-c5cc6ccccc6c6ccccc56)c4cc32)cc1. The number of aromatic nitrogens is 8. The molecule has 0 aliphatic carbocycles. The zero-order valence-corrected chi connectivity index (χ0v) is 78.3. The Morgan fingerprint density at radius 1 is 0.149 bits per heavy atom. The van der Waals surface area contributed by atoms with Crippen molar-refractivity contribution in [3.05, 3.63) is 473 Å². The van der Waals surface area contributed by atoms with E-state index < -0.39 is 0 Å². The smallest absolute Gasteiger partial charge is 0.235 e. The van der Waals surface area contributed by atoms with E-state index >= 15 is 0 Å². The van der Waals surface area contributed by atoms with Gasteiger partial charge in [-0.2, -0.15) is 0 Å². The highest BCUT2D eigenvalue weighted by Crippen LogP contribution is 2.51. The average Bonchev–Trinajstić information content (AvgIpc) is 1.59. The molecule has 0 radical (unpaired) electrons. The van der Waals surface area contributed by atoms with Gasteiger partial charge < -0.3 is 22.8 Å². The van der Waals surface area contributed by atoms with Gasteiger partial charge in [0.05, 0.1) is 83.1 Å². The van der Waals surface area contributed by atoms with Crippen molar-refractivity contribution in [1.29, 1.82) is 0 Å². The molecular formula is C130H78N8S3. The number of benzene rings is 22. The van der Waals surface area contributed by atoms with Crippen LogP contribution in [0, 0.1) is 0 Å². The monoisotopic (exact) mass is 1850 g/mol. The summed E-state index contributed by atoms with van der Waals surface area (Å²) in [4.78, 5) is 10.5. The second-order valence-electron chi connectivity index (χ2n) is 37.0. The number of fused-ring (bicyclic) bond motifs is 31. The molecule has 22 aromatic carbocycles. The van der Waals surface area contributed by atoms with Gasteiger partial charge in [0.2, 0.25) is 5.95 Å². The molecule has 0 unspecified atom stereocenters. The molecule has 141 heavy (non-hydrogen) atoms. The molecule has 0 atom stereocenters. The first-order valence-corrected chi connectivity index (χ1v) is 50.4. The standard InChI is InChI=1S/C44H26N4S.C44H26N2S.C42H26N2S/c1-3-13-27(14-4-1)43-31-19-7-10-20-36(31)45-44(46-43)48-37-21-11-8-17-29(37)32-23-33-34-24-35-30-18-9-12-22-41(30)49-42(35)26-40(34)47(38(33)25-39(32)48)28-15-5-2-6-16-28;1-2-13-28(14-3-1)45-40-25-41-34(23-35(40)36-24-37-33-19-9-11-21-43(33)47-44(37)26-42(36)45)32-18-8-10-20-38(32)46(41)39-22-27-12-4-5-15-29(27)30-16-6-7-17-31(30)39;1-3-12-27(13-4-1)28-14-11-17-30(22-28)44-39-25-38-33(31-18-7-9-20-37(31)43(38)29-15-5-2-6-16-29)23-34(39)35-24-36-32-19-8-10-21-41(32)45-42(36)26-40(35)44/h1-26H;1-26H;1-26H. The summed E-state index contributed by atoms with van der Waals surface area (Å²) in [5, 5.41) is 29.1. The van der Waals surface area contributed by atoms with Crippen molar-refractivity contribution < 1.29 is 0 Å². The predicted octanol–water partition coefficient (Wildman–Crippen LogP) is 36.3. The van der Waals surface area contributed by atoms with Gasteiger partial charge in [0.15, 0.2) is 0 Å². The molecule has 0 fully saturated rings. The summed E-state index contributed by atoms with van der Waals surface area (Å²) >= 11 is 5.62. The molecule has 0 aliphatic rings. The molecule has 32 rings (SSSR count). The minimum atomic E-state index is 0.664. The van der Waals surface area contributed by atoms with Crippen LogP contribution in [0.15, 0.2) is 473 Å². The molecule has 10 aromatic heterocycles. The first-order chi connectivity index (χ1) is 69.9. The third-order valence-corrected chi connectivity index (χ3v) is 32.7. The molecule has 0 aliphatic heterocycles. The van der Waals surface area contributed by atoms with Gasteiger partial charge in [-0.3, -0.25) is 4.57 Å². The van der Waals surface area contributed by atoms with E-state index in [-0.39, 0.29) is 0 Å². The Bertz CT molecular complexity index is 10900. The lowest BCUT2D eigenvalue weighted by molar-refractivity contribution is 1.01. The van der Waals surface area contributed by atoms with Gasteiger partial charge in [0, 0.05) is 164 Å². The third kappa shape index (κ3) is 12.3. The Hall–Kier alpha value is -17.8. The minimum Gasteiger partial charge on any atom is -0.309 e. The van der Waals surface area contributed by atoms with Crippen molar-refractivity contribution in [1.82, 2.24) is 37.4 Å². The lowest BCUT2D eigenvalue weighted by atomic mass is 10.00. The predicted molar refractivity (Wildman–Crippen MR) is 603 cm³/mol. The highest BCUT2D eigenvalue weighted by molar-refractivity contribution is 7.26. The van der Waals surface area contributed by atoms with E-state index in [1.54, 1.807) is 0 Å². The van der Waals surface area contributed by atoms with Crippen LogP contribution >= 0.6 is 34.0 Å². The van der Waals surface area contributed by atoms with Crippen molar-refractivity contribution in [3.8, 4) is 56.8 Å². The van der Waals surface area contributed by atoms with E-state index in [2.05, 4.69) is 495 Å². The number of rotatable bonds is 8. The highest BCUT2D eigenvalue weighted by atomic mass is 32.1. The van der Waals surface area contributed by atoms with Gasteiger partial charge in [0.1, 0.15) is 0 Å². The largest absolute Gasteiger partial charge is 0.309 e. The number of thiophene rings is 3. The average molecular weight is 1850 g/mol. The summed E-state index contributed by atoms with van der Waals surface area (Å²) in [6.45, 7) is 0. The van der Waals surface area contributed by atoms with Crippen LogP contribution in [0.3, 0.4) is 0 Å². The van der Waals surface area contributed by atoms with Crippen LogP contribution in [0.1, 0.15) is 0 Å². The zero-order valence-electron chi connectivity index (χ0n) is 75.8. The molecule has 8 nitrogen and oxygen atoms in total. The molecule has 0 saturated heterocycles. The highest BCUT2D eigenvalue weighted by Gasteiger charge is 2.28. The maximum absolute atomic E-state index is 5.32. The second-order valence-corrected chi connectivity index (χ2v) is 40.2. The van der Waals surface area contributed by atoms with Crippen molar-refractivity contribution in [3.63, 3.8) is 0 Å². The Morgan fingerprint density at radius 2 is 0.454 bits per heavy atom. The van der Waals surface area contributed by atoms with Crippen molar-refractivity contribution in [2.75, 3.05) is 0 Å². The first-order valence-electron chi connectivity index (χ1n) is 48.0. The van der Waals surface area contributed by atoms with Gasteiger partial charge in [0.25, 0.3) is 0 Å². The van der Waals surface area contributed by atoms with Gasteiger partial charge in [-0.25, -0.2) is 9.97 Å². The van der Waals surface area contributed by atoms with Gasteiger partial charge >= 0.3 is 0 Å². The second kappa shape index (κ2) is 31.4. The van der Waals surface area contributed by atoms with Gasteiger partial charge in [-0.05, 0) is 197 Å². The molecule has 32 aromatic rings. The van der Waals surface area contributed by atoms with E-state index in [0.29, 0.717) is 5.95 Å². The summed E-state index contributed by atoms with van der Waals surface area (Å²) in [6.07, 6.45) is 0. The number of hydrogen-bond acceptors (Lipinski definition) is 5. The molecule has 0 saturated carbocycles. The fraction of sp³-hybridized carbons (Fsp3) is 0. The quantitative estimate of drug-likeness (QED) is 0.142. The van der Waals surface area contributed by atoms with Crippen LogP contribution in [0.5, 0.6) is 0 Å². The van der Waals surface area contributed by atoms with Gasteiger partial charge in [-0.15, -0.1) is 34.0 Å². The normalized spacial score (nSPS) is 12.1. The topological polar surface area (TPSA) is 55.4 Å². The van der Waals surface area contributed by atoms with Crippen LogP contribution in [-0.4, -0.2) is 37.4 Å². The van der Waals surface area contributed by atoms with Crippen LogP contribution in [0.4, 0.5) is 0 Å². The van der Waals surface area contributed by atoms with Crippen molar-refractivity contribution in [2.45, 2.75) is 0 Å². The molecule has 10 heterocycles. The van der Waals surface area contributed by atoms with Crippen LogP contribution in [0.2, 0.25) is 0 Å². The lowest BCUT2D eigenvalue weighted by Gasteiger charge is -2.14. The number of para-hydroxylation sites is 7. The van der Waals surface area contributed by atoms with Crippen LogP contribution in [0.25, 0.3) is 281 Å². The molecule has 0 spiro atoms. The van der Waals surface area contributed by atoms with Crippen molar-refractivity contribution in [2.24, 2.45) is 0 Å². The van der Waals surface area contributed by atoms with E-state index in [4.69, 9.17) is 9.97 Å². The van der Waals surface area contributed by atoms with Crippen LogP contribution in [-0.2, 0) is 0 Å². The Morgan fingerprint density at radius 3 is 0.922 bits per heavy atom. The van der Waals surface area contributed by atoms with E-state index in [0.717, 1.165) is 44.4 Å². The maximum Gasteiger partial charge on any atom is 0.235 e. The zero-order chi connectivity index (χ0) is 92.2. The molecule has 0 amide bonds. The Labute approximate surface area is 818 Å². The fourth-order valence-electron chi connectivity index (χ4n) is 23.1. The number of nitrogens with zero attached hydrogens (tertiary/aromatic N) is 8. The minimum absolute atomic E-state index is 0.664. The third-order valence-electron chi connectivity index (χ3n) is 29.3. The molecular weight excluding hydrogens is 1770 g/mol. The Balaban J connectivity index is 0.0000000993. The van der Waals surface area contributed by atoms with E-state index in [9.17, 15) is 0 Å². The van der Waals surface area contributed by atoms with E-state index in [1.807, 2.05) is 40.1 Å². The Kier molecular flexibility index (Phi) is 17.7.